The summed E-state index contributed by atoms with van der Waals surface area (Å²) in [6.45, 7) is 3.76. The van der Waals surface area contributed by atoms with E-state index < -0.39 is 19.3 Å². The maximum atomic E-state index is 12.0. The Kier molecular flexibility index (Phi) is 17.5. The Morgan fingerprint density at radius 1 is 0.741 bits per heavy atom. The molecule has 0 bridgehead atoms. The molecule has 0 aromatic carbocycles. The quantitative estimate of drug-likeness (QED) is 0.166. The molecule has 0 amide bonds. The molecule has 0 saturated heterocycles. The third-order valence-electron chi connectivity index (χ3n) is 5.34. The molecule has 5 heteroatoms. The fraction of sp³-hybridized carbons (Fsp3) is 0.955. The predicted octanol–water partition coefficient (Wildman–Crippen LogP) is 7.24. The molecule has 27 heavy (non-hydrogen) atoms. The van der Waals surface area contributed by atoms with Gasteiger partial charge in [0.15, 0.2) is 0 Å². The van der Waals surface area contributed by atoms with E-state index in [-0.39, 0.29) is 12.3 Å². The molecule has 0 fully saturated rings. The molecule has 0 heterocycles. The minimum Gasteiger partial charge on any atom is -0.481 e. The Morgan fingerprint density at radius 3 is 1.41 bits per heavy atom. The highest BCUT2D eigenvalue weighted by Gasteiger charge is 2.24. The lowest BCUT2D eigenvalue weighted by Gasteiger charge is -2.13. The van der Waals surface area contributed by atoms with Crippen LogP contribution >= 0.6 is 7.37 Å². The first-order valence-corrected chi connectivity index (χ1v) is 13.5. The molecule has 0 aromatic rings. The minimum absolute atomic E-state index is 0.0962. The maximum Gasteiger partial charge on any atom is 0.306 e. The van der Waals surface area contributed by atoms with Gasteiger partial charge in [-0.05, 0) is 6.42 Å². The highest BCUT2D eigenvalue weighted by molar-refractivity contribution is 7.58. The topological polar surface area (TPSA) is 74.6 Å². The zero-order valence-electron chi connectivity index (χ0n) is 18.0. The molecule has 0 aliphatic heterocycles. The number of hydrogen-bond acceptors (Lipinski definition) is 2. The van der Waals surface area contributed by atoms with Crippen molar-refractivity contribution in [3.05, 3.63) is 0 Å². The van der Waals surface area contributed by atoms with Gasteiger partial charge in [-0.25, -0.2) is 0 Å². The first kappa shape index (κ1) is 26.7. The van der Waals surface area contributed by atoms with Crippen molar-refractivity contribution in [3.8, 4) is 0 Å². The molecule has 0 rings (SSSR count). The van der Waals surface area contributed by atoms with Gasteiger partial charge < -0.3 is 10.00 Å². The number of rotatable bonds is 20. The third-order valence-corrected chi connectivity index (χ3v) is 7.48. The molecule has 0 saturated carbocycles. The molecule has 0 aliphatic rings. The van der Waals surface area contributed by atoms with E-state index in [9.17, 15) is 14.3 Å². The Balaban J connectivity index is 3.31. The second kappa shape index (κ2) is 17.7. The summed E-state index contributed by atoms with van der Waals surface area (Å²) < 4.78 is 12.0. The fourth-order valence-corrected chi connectivity index (χ4v) is 5.42. The van der Waals surface area contributed by atoms with Crippen LogP contribution in [0.5, 0.6) is 0 Å². The summed E-state index contributed by atoms with van der Waals surface area (Å²) in [4.78, 5) is 20.6. The van der Waals surface area contributed by atoms with E-state index in [2.05, 4.69) is 6.92 Å². The molecule has 2 atom stereocenters. The van der Waals surface area contributed by atoms with E-state index in [0.29, 0.717) is 0 Å². The predicted molar refractivity (Wildman–Crippen MR) is 116 cm³/mol. The van der Waals surface area contributed by atoms with Crippen molar-refractivity contribution in [1.82, 2.24) is 0 Å². The largest absolute Gasteiger partial charge is 0.481 e. The number of aliphatic carboxylic acids is 1. The minimum atomic E-state index is -3.27. The van der Waals surface area contributed by atoms with Crippen LogP contribution in [0.15, 0.2) is 0 Å². The van der Waals surface area contributed by atoms with Crippen molar-refractivity contribution >= 4 is 13.3 Å². The summed E-state index contributed by atoms with van der Waals surface area (Å²) in [6.07, 6.45) is 20.6. The Hall–Kier alpha value is -0.340. The lowest BCUT2D eigenvalue weighted by molar-refractivity contribution is -0.140. The van der Waals surface area contributed by atoms with Gasteiger partial charge in [-0.1, -0.05) is 110 Å². The van der Waals surface area contributed by atoms with Crippen molar-refractivity contribution in [2.75, 3.05) is 12.3 Å². The van der Waals surface area contributed by atoms with Crippen LogP contribution in [0.2, 0.25) is 0 Å². The van der Waals surface area contributed by atoms with E-state index in [1.807, 2.05) is 0 Å². The molecule has 0 aliphatic carbocycles. The molecule has 4 nitrogen and oxygen atoms in total. The highest BCUT2D eigenvalue weighted by Crippen LogP contribution is 2.43. The summed E-state index contributed by atoms with van der Waals surface area (Å²) in [5.74, 6) is -1.72. The van der Waals surface area contributed by atoms with E-state index in [0.717, 1.165) is 19.3 Å². The number of hydrogen-bond donors (Lipinski definition) is 2. The number of unbranched alkanes of at least 4 members (excludes halogenated alkanes) is 15. The van der Waals surface area contributed by atoms with Gasteiger partial charge in [0.05, 0.1) is 5.92 Å². The van der Waals surface area contributed by atoms with E-state index in [1.165, 1.54) is 90.4 Å². The molecular formula is C22H45O4P. The van der Waals surface area contributed by atoms with Crippen LogP contribution in [0.25, 0.3) is 0 Å². The van der Waals surface area contributed by atoms with Gasteiger partial charge in [-0.15, -0.1) is 0 Å². The van der Waals surface area contributed by atoms with Gasteiger partial charge in [-0.3, -0.25) is 9.36 Å². The van der Waals surface area contributed by atoms with Gasteiger partial charge in [-0.2, -0.15) is 0 Å². The number of carboxylic acids is 1. The molecule has 0 spiro atoms. The van der Waals surface area contributed by atoms with Crippen LogP contribution in [0, 0.1) is 5.92 Å². The van der Waals surface area contributed by atoms with Gasteiger partial charge in [0, 0.05) is 12.3 Å². The molecule has 162 valence electrons. The van der Waals surface area contributed by atoms with Crippen LogP contribution < -0.4 is 0 Å². The lowest BCUT2D eigenvalue weighted by atomic mass is 10.0. The van der Waals surface area contributed by atoms with Gasteiger partial charge in [0.25, 0.3) is 0 Å². The summed E-state index contributed by atoms with van der Waals surface area (Å²) in [5.41, 5.74) is 0. The van der Waals surface area contributed by atoms with Crippen LogP contribution in [0.1, 0.15) is 117 Å². The van der Waals surface area contributed by atoms with E-state index in [4.69, 9.17) is 5.11 Å². The van der Waals surface area contributed by atoms with E-state index in [1.54, 1.807) is 0 Å². The zero-order chi connectivity index (χ0) is 20.4. The SMILES string of the molecule is CCCCCCCCCCCCCCCCCCP(=O)(O)CC(C)C(=O)O. The molecule has 0 aromatic heterocycles. The average molecular weight is 405 g/mol. The summed E-state index contributed by atoms with van der Waals surface area (Å²) >= 11 is 0. The van der Waals surface area contributed by atoms with Gasteiger partial charge in [0.2, 0.25) is 7.37 Å². The van der Waals surface area contributed by atoms with Crippen LogP contribution in [-0.4, -0.2) is 28.3 Å². The normalized spacial score (nSPS) is 14.8. The first-order chi connectivity index (χ1) is 12.9. The molecule has 2 unspecified atom stereocenters. The van der Waals surface area contributed by atoms with Crippen molar-refractivity contribution in [2.24, 2.45) is 5.92 Å². The van der Waals surface area contributed by atoms with E-state index >= 15 is 0 Å². The van der Waals surface area contributed by atoms with Crippen molar-refractivity contribution < 1.29 is 19.4 Å². The van der Waals surface area contributed by atoms with Crippen molar-refractivity contribution in [1.29, 1.82) is 0 Å². The van der Waals surface area contributed by atoms with Gasteiger partial charge >= 0.3 is 5.97 Å². The molecular weight excluding hydrogens is 359 g/mol. The second-order valence-electron chi connectivity index (χ2n) is 8.30. The third kappa shape index (κ3) is 18.8. The van der Waals surface area contributed by atoms with Crippen molar-refractivity contribution in [2.45, 2.75) is 117 Å². The van der Waals surface area contributed by atoms with Crippen molar-refractivity contribution in [3.63, 3.8) is 0 Å². The maximum absolute atomic E-state index is 12.0. The number of carboxylic acid groups (broad SMARTS) is 1. The van der Waals surface area contributed by atoms with Crippen LogP contribution in [0.3, 0.4) is 0 Å². The summed E-state index contributed by atoms with van der Waals surface area (Å²) in [5, 5.41) is 8.83. The standard InChI is InChI=1S/C22H45O4P/c1-3-4-5-6-7-8-9-10-11-12-13-14-15-16-17-18-19-27(25,26)20-21(2)22(23)24/h21H,3-20H2,1-2H3,(H,23,24)(H,25,26). The lowest BCUT2D eigenvalue weighted by Crippen LogP contribution is -2.15. The zero-order valence-corrected chi connectivity index (χ0v) is 18.9. The van der Waals surface area contributed by atoms with Crippen LogP contribution in [0.4, 0.5) is 0 Å². The fourth-order valence-electron chi connectivity index (χ4n) is 3.50. The summed E-state index contributed by atoms with van der Waals surface area (Å²) in [7, 11) is -3.27. The first-order valence-electron chi connectivity index (χ1n) is 11.4. The van der Waals surface area contributed by atoms with Gasteiger partial charge in [0.1, 0.15) is 0 Å². The monoisotopic (exact) mass is 404 g/mol. The van der Waals surface area contributed by atoms with Crippen LogP contribution in [-0.2, 0) is 9.36 Å². The average Bonchev–Trinajstić information content (AvgIpc) is 2.60. The number of carbonyl (C=O) groups is 1. The highest BCUT2D eigenvalue weighted by atomic mass is 31.2. The second-order valence-corrected chi connectivity index (χ2v) is 10.8. The molecule has 2 N–H and O–H groups in total. The summed E-state index contributed by atoms with van der Waals surface area (Å²) in [6, 6.07) is 0. The smallest absolute Gasteiger partial charge is 0.306 e. The Bertz CT molecular complexity index is 398. The molecule has 0 radical (unpaired) electrons. The Morgan fingerprint density at radius 2 is 1.07 bits per heavy atom. The Labute approximate surface area is 168 Å².